The molecule has 0 aromatic heterocycles. The SMILES string of the molecule is CCC(C)CN(CC)C1CC(C(C)(C)C)CCC1NC. The van der Waals surface area contributed by atoms with E-state index in [4.69, 9.17) is 0 Å². The molecule has 0 aromatic rings. The van der Waals surface area contributed by atoms with E-state index in [0.29, 0.717) is 11.5 Å². The molecule has 2 nitrogen and oxygen atoms in total. The molecular weight excluding hydrogens is 244 g/mol. The first-order valence-electron chi connectivity index (χ1n) is 8.74. The highest BCUT2D eigenvalue weighted by atomic mass is 15.2. The van der Waals surface area contributed by atoms with Gasteiger partial charge in [-0.25, -0.2) is 0 Å². The molecule has 0 saturated heterocycles. The second-order valence-corrected chi connectivity index (χ2v) is 7.94. The summed E-state index contributed by atoms with van der Waals surface area (Å²) < 4.78 is 0. The van der Waals surface area contributed by atoms with Gasteiger partial charge in [-0.2, -0.15) is 0 Å². The van der Waals surface area contributed by atoms with Crippen LogP contribution in [0.25, 0.3) is 0 Å². The van der Waals surface area contributed by atoms with Crippen molar-refractivity contribution in [2.75, 3.05) is 20.1 Å². The Balaban J connectivity index is 2.78. The summed E-state index contributed by atoms with van der Waals surface area (Å²) in [5.41, 5.74) is 0.451. The van der Waals surface area contributed by atoms with Gasteiger partial charge in [-0.15, -0.1) is 0 Å². The molecule has 4 unspecified atom stereocenters. The van der Waals surface area contributed by atoms with Gasteiger partial charge in [-0.3, -0.25) is 4.90 Å². The Morgan fingerprint density at radius 1 is 1.20 bits per heavy atom. The fourth-order valence-electron chi connectivity index (χ4n) is 3.70. The lowest BCUT2D eigenvalue weighted by Crippen LogP contribution is -2.54. The van der Waals surface area contributed by atoms with E-state index in [1.165, 1.54) is 38.8 Å². The predicted octanol–water partition coefficient (Wildman–Crippen LogP) is 4.16. The van der Waals surface area contributed by atoms with Gasteiger partial charge in [-0.1, -0.05) is 48.0 Å². The van der Waals surface area contributed by atoms with Crippen molar-refractivity contribution in [1.82, 2.24) is 10.2 Å². The Morgan fingerprint density at radius 2 is 1.85 bits per heavy atom. The number of hydrogen-bond acceptors (Lipinski definition) is 2. The van der Waals surface area contributed by atoms with Crippen LogP contribution in [-0.4, -0.2) is 37.1 Å². The summed E-state index contributed by atoms with van der Waals surface area (Å²) >= 11 is 0. The third-order valence-corrected chi connectivity index (χ3v) is 5.53. The molecule has 20 heavy (non-hydrogen) atoms. The topological polar surface area (TPSA) is 15.3 Å². The van der Waals surface area contributed by atoms with Crippen molar-refractivity contribution >= 4 is 0 Å². The molecule has 0 bridgehead atoms. The largest absolute Gasteiger partial charge is 0.315 e. The molecule has 0 aromatic carbocycles. The van der Waals surface area contributed by atoms with Crippen LogP contribution in [0.1, 0.15) is 67.2 Å². The van der Waals surface area contributed by atoms with E-state index in [9.17, 15) is 0 Å². The number of nitrogens with one attached hydrogen (secondary N) is 1. The van der Waals surface area contributed by atoms with Crippen LogP contribution < -0.4 is 5.32 Å². The van der Waals surface area contributed by atoms with E-state index < -0.39 is 0 Å². The van der Waals surface area contributed by atoms with Gasteiger partial charge < -0.3 is 5.32 Å². The van der Waals surface area contributed by atoms with Crippen molar-refractivity contribution in [2.24, 2.45) is 17.3 Å². The summed E-state index contributed by atoms with van der Waals surface area (Å²) in [6.07, 6.45) is 5.36. The zero-order chi connectivity index (χ0) is 15.3. The van der Waals surface area contributed by atoms with Gasteiger partial charge in [-0.05, 0) is 50.1 Å². The lowest BCUT2D eigenvalue weighted by Gasteiger charge is -2.46. The molecule has 0 radical (unpaired) electrons. The summed E-state index contributed by atoms with van der Waals surface area (Å²) in [6.45, 7) is 16.7. The van der Waals surface area contributed by atoms with Crippen molar-refractivity contribution in [3.63, 3.8) is 0 Å². The Labute approximate surface area is 127 Å². The number of likely N-dealkylation sites (N-methyl/N-ethyl adjacent to an activating group) is 2. The van der Waals surface area contributed by atoms with Gasteiger partial charge in [0.1, 0.15) is 0 Å². The second kappa shape index (κ2) is 7.79. The molecule has 0 spiro atoms. The molecule has 1 aliphatic carbocycles. The molecule has 1 N–H and O–H groups in total. The molecule has 120 valence electrons. The molecule has 1 fully saturated rings. The van der Waals surface area contributed by atoms with E-state index in [1.54, 1.807) is 0 Å². The maximum atomic E-state index is 3.59. The number of nitrogens with zero attached hydrogens (tertiary/aromatic N) is 1. The minimum Gasteiger partial charge on any atom is -0.315 e. The Bertz CT molecular complexity index is 269. The third kappa shape index (κ3) is 4.73. The van der Waals surface area contributed by atoms with Crippen LogP contribution in [0.5, 0.6) is 0 Å². The molecule has 1 rings (SSSR count). The fourth-order valence-corrected chi connectivity index (χ4v) is 3.70. The Morgan fingerprint density at radius 3 is 2.30 bits per heavy atom. The van der Waals surface area contributed by atoms with E-state index in [2.05, 4.69) is 58.8 Å². The van der Waals surface area contributed by atoms with Crippen molar-refractivity contribution in [3.8, 4) is 0 Å². The standard InChI is InChI=1S/C18H38N2/c1-8-14(3)13-20(9-2)17-12-15(18(4,5)6)10-11-16(17)19-7/h14-17,19H,8-13H2,1-7H3. The average Bonchev–Trinajstić information content (AvgIpc) is 2.42. The van der Waals surface area contributed by atoms with Gasteiger partial charge in [0.15, 0.2) is 0 Å². The molecule has 0 amide bonds. The van der Waals surface area contributed by atoms with Crippen LogP contribution in [0.15, 0.2) is 0 Å². The van der Waals surface area contributed by atoms with Gasteiger partial charge >= 0.3 is 0 Å². The first kappa shape index (κ1) is 18.0. The third-order valence-electron chi connectivity index (χ3n) is 5.53. The molecular formula is C18H38N2. The smallest absolute Gasteiger partial charge is 0.0252 e. The lowest BCUT2D eigenvalue weighted by molar-refractivity contribution is 0.0551. The summed E-state index contributed by atoms with van der Waals surface area (Å²) in [7, 11) is 2.15. The van der Waals surface area contributed by atoms with E-state index in [0.717, 1.165) is 17.9 Å². The maximum Gasteiger partial charge on any atom is 0.0252 e. The summed E-state index contributed by atoms with van der Waals surface area (Å²) in [5, 5.41) is 3.59. The molecule has 4 atom stereocenters. The van der Waals surface area contributed by atoms with Crippen LogP contribution in [0.2, 0.25) is 0 Å². The normalized spacial score (nSPS) is 29.7. The first-order valence-corrected chi connectivity index (χ1v) is 8.74. The fraction of sp³-hybridized carbons (Fsp3) is 1.00. The van der Waals surface area contributed by atoms with Crippen molar-refractivity contribution in [2.45, 2.75) is 79.3 Å². The molecule has 0 aliphatic heterocycles. The van der Waals surface area contributed by atoms with Crippen LogP contribution in [0.4, 0.5) is 0 Å². The Kier molecular flexibility index (Phi) is 7.00. The zero-order valence-electron chi connectivity index (χ0n) is 15.0. The maximum absolute atomic E-state index is 3.59. The summed E-state index contributed by atoms with van der Waals surface area (Å²) in [4.78, 5) is 2.74. The summed E-state index contributed by atoms with van der Waals surface area (Å²) in [5.74, 6) is 1.67. The van der Waals surface area contributed by atoms with Gasteiger partial charge in [0.25, 0.3) is 0 Å². The molecule has 2 heteroatoms. The highest BCUT2D eigenvalue weighted by Gasteiger charge is 2.37. The van der Waals surface area contributed by atoms with Crippen molar-refractivity contribution in [1.29, 1.82) is 0 Å². The average molecular weight is 283 g/mol. The van der Waals surface area contributed by atoms with E-state index in [1.807, 2.05) is 0 Å². The van der Waals surface area contributed by atoms with Crippen LogP contribution >= 0.6 is 0 Å². The molecule has 0 heterocycles. The first-order chi connectivity index (χ1) is 9.33. The molecule has 1 saturated carbocycles. The van der Waals surface area contributed by atoms with Gasteiger partial charge in [0.05, 0.1) is 0 Å². The monoisotopic (exact) mass is 282 g/mol. The number of rotatable bonds is 6. The highest BCUT2D eigenvalue weighted by Crippen LogP contribution is 2.39. The van der Waals surface area contributed by atoms with E-state index >= 15 is 0 Å². The zero-order valence-corrected chi connectivity index (χ0v) is 15.0. The summed E-state index contributed by atoms with van der Waals surface area (Å²) in [6, 6.07) is 1.40. The minimum absolute atomic E-state index is 0.451. The van der Waals surface area contributed by atoms with Crippen LogP contribution in [0.3, 0.4) is 0 Å². The number of hydrogen-bond donors (Lipinski definition) is 1. The quantitative estimate of drug-likeness (QED) is 0.787. The van der Waals surface area contributed by atoms with Gasteiger partial charge in [0.2, 0.25) is 0 Å². The molecule has 1 aliphatic rings. The van der Waals surface area contributed by atoms with Crippen molar-refractivity contribution < 1.29 is 0 Å². The minimum atomic E-state index is 0.451. The van der Waals surface area contributed by atoms with Gasteiger partial charge in [0, 0.05) is 18.6 Å². The second-order valence-electron chi connectivity index (χ2n) is 7.94. The van der Waals surface area contributed by atoms with Crippen LogP contribution in [-0.2, 0) is 0 Å². The van der Waals surface area contributed by atoms with Crippen molar-refractivity contribution in [3.05, 3.63) is 0 Å². The highest BCUT2D eigenvalue weighted by molar-refractivity contribution is 4.93. The Hall–Kier alpha value is -0.0800. The lowest BCUT2D eigenvalue weighted by atomic mass is 9.69. The van der Waals surface area contributed by atoms with E-state index in [-0.39, 0.29) is 0 Å². The van der Waals surface area contributed by atoms with Crippen LogP contribution in [0, 0.1) is 17.3 Å². The predicted molar refractivity (Wildman–Crippen MR) is 90.1 cm³/mol.